The van der Waals surface area contributed by atoms with Crippen molar-refractivity contribution in [3.63, 3.8) is 0 Å². The van der Waals surface area contributed by atoms with Gasteiger partial charge in [-0.1, -0.05) is 42.0 Å². The average molecular weight is 335 g/mol. The number of hydrogen-bond acceptors (Lipinski definition) is 3. The van der Waals surface area contributed by atoms with Crippen molar-refractivity contribution < 1.29 is 9.90 Å². The van der Waals surface area contributed by atoms with E-state index in [2.05, 4.69) is 27.0 Å². The Hall–Kier alpha value is -3.08. The highest BCUT2D eigenvalue weighted by atomic mass is 16.3. The van der Waals surface area contributed by atoms with Gasteiger partial charge in [0.2, 0.25) is 0 Å². The fourth-order valence-electron chi connectivity index (χ4n) is 2.71. The minimum atomic E-state index is -0.276. The molecule has 0 saturated heterocycles. The summed E-state index contributed by atoms with van der Waals surface area (Å²) in [6.45, 7) is 3.09. The summed E-state index contributed by atoms with van der Waals surface area (Å²) in [5, 5.41) is 12.7. The predicted molar refractivity (Wildman–Crippen MR) is 96.7 cm³/mol. The number of rotatable bonds is 6. The number of aromatic nitrogens is 2. The number of hydrogen-bond donors (Lipinski definition) is 2. The molecule has 0 saturated carbocycles. The van der Waals surface area contributed by atoms with Gasteiger partial charge in [0.05, 0.1) is 5.56 Å². The van der Waals surface area contributed by atoms with Gasteiger partial charge in [0.25, 0.3) is 5.91 Å². The summed E-state index contributed by atoms with van der Waals surface area (Å²) in [5.74, 6) is 0.633. The van der Waals surface area contributed by atoms with Crippen LogP contribution in [0.15, 0.2) is 60.9 Å². The number of carbonyl (C=O) groups is 1. The van der Waals surface area contributed by atoms with E-state index in [9.17, 15) is 9.90 Å². The second kappa shape index (κ2) is 7.66. The van der Waals surface area contributed by atoms with Crippen LogP contribution in [0.5, 0.6) is 5.75 Å². The summed E-state index contributed by atoms with van der Waals surface area (Å²) < 4.78 is 2.08. The van der Waals surface area contributed by atoms with Crippen molar-refractivity contribution in [3.8, 4) is 5.75 Å². The summed E-state index contributed by atoms with van der Waals surface area (Å²) in [6, 6.07) is 15.2. The molecule has 0 aliphatic rings. The molecule has 1 heterocycles. The van der Waals surface area contributed by atoms with Crippen molar-refractivity contribution in [2.45, 2.75) is 19.9 Å². The van der Waals surface area contributed by atoms with Crippen molar-refractivity contribution in [2.75, 3.05) is 6.54 Å². The lowest BCUT2D eigenvalue weighted by atomic mass is 10.1. The molecule has 0 unspecified atom stereocenters. The molecule has 1 aromatic heterocycles. The van der Waals surface area contributed by atoms with Crippen LogP contribution in [0, 0.1) is 6.92 Å². The lowest BCUT2D eigenvalue weighted by molar-refractivity contribution is 0.0951. The van der Waals surface area contributed by atoms with E-state index in [1.807, 2.05) is 31.3 Å². The first-order chi connectivity index (χ1) is 12.1. The number of phenolic OH excluding ortho intramolecular Hbond substituents is 1. The zero-order valence-electron chi connectivity index (χ0n) is 14.1. The summed E-state index contributed by atoms with van der Waals surface area (Å²) in [7, 11) is 0. The van der Waals surface area contributed by atoms with Crippen LogP contribution in [-0.2, 0) is 13.0 Å². The van der Waals surface area contributed by atoms with E-state index in [1.54, 1.807) is 18.3 Å². The SMILES string of the molecule is Cc1ccc(O)c(C(=O)NCCc2nccn2Cc2ccccc2)c1. The van der Waals surface area contributed by atoms with Crippen molar-refractivity contribution in [3.05, 3.63) is 83.4 Å². The first kappa shape index (κ1) is 16.8. The van der Waals surface area contributed by atoms with Crippen LogP contribution >= 0.6 is 0 Å². The van der Waals surface area contributed by atoms with Crippen LogP contribution in [0.4, 0.5) is 0 Å². The molecule has 0 aliphatic carbocycles. The monoisotopic (exact) mass is 335 g/mol. The summed E-state index contributed by atoms with van der Waals surface area (Å²) in [5.41, 5.74) is 2.43. The molecule has 5 nitrogen and oxygen atoms in total. The molecule has 1 amide bonds. The average Bonchev–Trinajstić information content (AvgIpc) is 3.05. The summed E-state index contributed by atoms with van der Waals surface area (Å²) in [6.07, 6.45) is 4.33. The Labute approximate surface area is 147 Å². The number of imidazole rings is 1. The van der Waals surface area contributed by atoms with Gasteiger partial charge in [0.1, 0.15) is 11.6 Å². The molecule has 25 heavy (non-hydrogen) atoms. The third-order valence-electron chi connectivity index (χ3n) is 4.03. The fourth-order valence-corrected chi connectivity index (χ4v) is 2.71. The molecule has 0 spiro atoms. The molecule has 0 atom stereocenters. The minimum absolute atomic E-state index is 0.00585. The van der Waals surface area contributed by atoms with Gasteiger partial charge in [0.15, 0.2) is 0 Å². The van der Waals surface area contributed by atoms with Crippen molar-refractivity contribution in [1.29, 1.82) is 0 Å². The minimum Gasteiger partial charge on any atom is -0.507 e. The summed E-state index contributed by atoms with van der Waals surface area (Å²) in [4.78, 5) is 16.6. The van der Waals surface area contributed by atoms with E-state index in [-0.39, 0.29) is 11.7 Å². The number of carbonyl (C=O) groups excluding carboxylic acids is 1. The van der Waals surface area contributed by atoms with E-state index in [0.29, 0.717) is 18.5 Å². The molecule has 128 valence electrons. The third-order valence-corrected chi connectivity index (χ3v) is 4.03. The lowest BCUT2D eigenvalue weighted by Gasteiger charge is -2.10. The Morgan fingerprint density at radius 3 is 2.80 bits per heavy atom. The van der Waals surface area contributed by atoms with Gasteiger partial charge in [0, 0.05) is 31.9 Å². The molecule has 5 heteroatoms. The zero-order valence-corrected chi connectivity index (χ0v) is 14.1. The molecule has 0 fully saturated rings. The van der Waals surface area contributed by atoms with Gasteiger partial charge in [-0.05, 0) is 24.6 Å². The molecule has 3 rings (SSSR count). The van der Waals surface area contributed by atoms with E-state index < -0.39 is 0 Å². The highest BCUT2D eigenvalue weighted by Gasteiger charge is 2.11. The molecule has 2 N–H and O–H groups in total. The molecule has 0 aliphatic heterocycles. The van der Waals surface area contributed by atoms with Crippen molar-refractivity contribution in [1.82, 2.24) is 14.9 Å². The molecule has 2 aromatic carbocycles. The van der Waals surface area contributed by atoms with E-state index in [4.69, 9.17) is 0 Å². The fraction of sp³-hybridized carbons (Fsp3) is 0.200. The smallest absolute Gasteiger partial charge is 0.255 e. The highest BCUT2D eigenvalue weighted by molar-refractivity contribution is 5.96. The van der Waals surface area contributed by atoms with Crippen LogP contribution in [0.3, 0.4) is 0 Å². The van der Waals surface area contributed by atoms with Crippen molar-refractivity contribution >= 4 is 5.91 Å². The first-order valence-corrected chi connectivity index (χ1v) is 8.25. The van der Waals surface area contributed by atoms with Gasteiger partial charge in [-0.3, -0.25) is 4.79 Å². The first-order valence-electron chi connectivity index (χ1n) is 8.25. The van der Waals surface area contributed by atoms with E-state index in [0.717, 1.165) is 17.9 Å². The van der Waals surface area contributed by atoms with E-state index >= 15 is 0 Å². The molecular weight excluding hydrogens is 314 g/mol. The Bertz CT molecular complexity index is 856. The standard InChI is InChI=1S/C20H21N3O2/c1-15-7-8-18(24)17(13-15)20(25)22-10-9-19-21-11-12-23(19)14-16-5-3-2-4-6-16/h2-8,11-13,24H,9-10,14H2,1H3,(H,22,25). The van der Waals surface area contributed by atoms with Gasteiger partial charge in [-0.2, -0.15) is 0 Å². The Kier molecular flexibility index (Phi) is 5.14. The number of benzene rings is 2. The lowest BCUT2D eigenvalue weighted by Crippen LogP contribution is -2.26. The predicted octanol–water partition coefficient (Wildman–Crippen LogP) is 2.92. The number of nitrogens with zero attached hydrogens (tertiary/aromatic N) is 2. The maximum absolute atomic E-state index is 12.2. The second-order valence-electron chi connectivity index (χ2n) is 5.98. The quantitative estimate of drug-likeness (QED) is 0.728. The molecule has 0 radical (unpaired) electrons. The van der Waals surface area contributed by atoms with Gasteiger partial charge < -0.3 is 15.0 Å². The van der Waals surface area contributed by atoms with Gasteiger partial charge in [-0.25, -0.2) is 4.98 Å². The maximum atomic E-state index is 12.2. The van der Waals surface area contributed by atoms with Gasteiger partial charge in [-0.15, -0.1) is 0 Å². The normalized spacial score (nSPS) is 10.6. The molecular formula is C20H21N3O2. The topological polar surface area (TPSA) is 67.2 Å². The van der Waals surface area contributed by atoms with Crippen LogP contribution in [-0.4, -0.2) is 27.1 Å². The maximum Gasteiger partial charge on any atom is 0.255 e. The second-order valence-corrected chi connectivity index (χ2v) is 5.98. The zero-order chi connectivity index (χ0) is 17.6. The third kappa shape index (κ3) is 4.26. The summed E-state index contributed by atoms with van der Waals surface area (Å²) >= 11 is 0. The van der Waals surface area contributed by atoms with Crippen molar-refractivity contribution in [2.24, 2.45) is 0 Å². The number of aromatic hydroxyl groups is 1. The number of amides is 1. The van der Waals surface area contributed by atoms with Gasteiger partial charge >= 0.3 is 0 Å². The Morgan fingerprint density at radius 1 is 1.20 bits per heavy atom. The Morgan fingerprint density at radius 2 is 2.00 bits per heavy atom. The highest BCUT2D eigenvalue weighted by Crippen LogP contribution is 2.17. The molecule has 3 aromatic rings. The largest absolute Gasteiger partial charge is 0.507 e. The number of nitrogens with one attached hydrogen (secondary N) is 1. The molecule has 0 bridgehead atoms. The van der Waals surface area contributed by atoms with Crippen LogP contribution < -0.4 is 5.32 Å². The number of phenols is 1. The van der Waals surface area contributed by atoms with Crippen LogP contribution in [0.25, 0.3) is 0 Å². The Balaban J connectivity index is 1.59. The van der Waals surface area contributed by atoms with E-state index in [1.165, 1.54) is 11.6 Å². The van der Waals surface area contributed by atoms with Crippen LogP contribution in [0.2, 0.25) is 0 Å². The van der Waals surface area contributed by atoms with Crippen LogP contribution in [0.1, 0.15) is 27.3 Å². The number of aryl methyl sites for hydroxylation is 1.